The zero-order valence-corrected chi connectivity index (χ0v) is 22.4. The monoisotopic (exact) mass is 541 g/mol. The Hall–Kier alpha value is -4.71. The number of carbonyl (C=O) groups excluding carboxylic acids is 1. The topological polar surface area (TPSA) is 131 Å². The molecule has 0 bridgehead atoms. The number of rotatable bonds is 7. The highest BCUT2D eigenvalue weighted by Crippen LogP contribution is 2.23. The van der Waals surface area contributed by atoms with Crippen LogP contribution in [-0.4, -0.2) is 40.2 Å². The number of aromatic nitrogens is 7. The molecule has 1 atom stereocenters. The van der Waals surface area contributed by atoms with Gasteiger partial charge in [0.05, 0.1) is 17.9 Å². The summed E-state index contributed by atoms with van der Waals surface area (Å²) in [4.78, 5) is 39.0. The van der Waals surface area contributed by atoms with Gasteiger partial charge in [0, 0.05) is 41.0 Å². The number of halogens is 1. The average Bonchev–Trinajstić information content (AvgIpc) is 3.34. The lowest BCUT2D eigenvalue weighted by atomic mass is 10.1. The number of carbonyl (C=O) groups is 1. The van der Waals surface area contributed by atoms with Crippen molar-refractivity contribution in [2.24, 2.45) is 0 Å². The second-order valence-corrected chi connectivity index (χ2v) is 9.83. The van der Waals surface area contributed by atoms with Crippen LogP contribution >= 0.6 is 11.5 Å². The maximum atomic E-state index is 13.6. The maximum Gasteiger partial charge on any atom is 0.270 e. The van der Waals surface area contributed by atoms with Gasteiger partial charge in [-0.05, 0) is 69.1 Å². The molecule has 0 fully saturated rings. The summed E-state index contributed by atoms with van der Waals surface area (Å²) in [5.41, 5.74) is 4.38. The molecule has 12 heteroatoms. The molecular weight excluding hydrogens is 517 g/mol. The standard InChI is InChI=1S/C27H24FN9OS/c1-14-9-24(36-27-34-17(4)39-37-27)35-25(32-14)19-6-8-23(31-12-19)26(38)33-15(2)18-5-7-22(30-11-18)21-10-20(28)13-29-16(21)3/h5-13,15H,1-4H3,(H,33,38)(H,32,35,36,37). The molecule has 39 heavy (non-hydrogen) atoms. The Bertz CT molecular complexity index is 1640. The van der Waals surface area contributed by atoms with Crippen LogP contribution in [0.25, 0.3) is 22.6 Å². The minimum atomic E-state index is -0.422. The summed E-state index contributed by atoms with van der Waals surface area (Å²) in [6.45, 7) is 7.40. The van der Waals surface area contributed by atoms with E-state index < -0.39 is 5.82 Å². The van der Waals surface area contributed by atoms with E-state index >= 15 is 0 Å². The number of amides is 1. The van der Waals surface area contributed by atoms with E-state index in [9.17, 15) is 9.18 Å². The number of pyridine rings is 3. The SMILES string of the molecule is Cc1cc(Nc2nsc(C)n2)nc(-c2ccc(C(=O)NC(C)c3ccc(-c4cc(F)cnc4C)nc3)nc2)n1. The average molecular weight is 542 g/mol. The molecule has 0 radical (unpaired) electrons. The van der Waals surface area contributed by atoms with Crippen molar-refractivity contribution in [3.05, 3.63) is 88.5 Å². The first-order valence-corrected chi connectivity index (χ1v) is 12.8. The minimum absolute atomic E-state index is 0.254. The van der Waals surface area contributed by atoms with Gasteiger partial charge in [0.1, 0.15) is 22.3 Å². The number of hydrogen-bond donors (Lipinski definition) is 2. The maximum absolute atomic E-state index is 13.6. The van der Waals surface area contributed by atoms with Crippen LogP contribution in [0, 0.1) is 26.6 Å². The third-order valence-corrected chi connectivity index (χ3v) is 6.46. The van der Waals surface area contributed by atoms with Crippen molar-refractivity contribution in [3.8, 4) is 22.6 Å². The quantitative estimate of drug-likeness (QED) is 0.287. The molecule has 0 aliphatic carbocycles. The molecule has 0 aliphatic heterocycles. The van der Waals surface area contributed by atoms with E-state index in [0.29, 0.717) is 40.1 Å². The van der Waals surface area contributed by atoms with Gasteiger partial charge in [-0.25, -0.2) is 19.3 Å². The highest BCUT2D eigenvalue weighted by molar-refractivity contribution is 7.05. The van der Waals surface area contributed by atoms with Gasteiger partial charge >= 0.3 is 0 Å². The lowest BCUT2D eigenvalue weighted by Gasteiger charge is -2.14. The normalized spacial score (nSPS) is 11.7. The second kappa shape index (κ2) is 11.0. The third-order valence-electron chi connectivity index (χ3n) is 5.84. The van der Waals surface area contributed by atoms with Crippen LogP contribution in [0.5, 0.6) is 0 Å². The number of nitrogens with one attached hydrogen (secondary N) is 2. The van der Waals surface area contributed by atoms with Crippen LogP contribution in [0.4, 0.5) is 16.2 Å². The molecule has 1 amide bonds. The smallest absolute Gasteiger partial charge is 0.270 e. The van der Waals surface area contributed by atoms with Gasteiger partial charge < -0.3 is 10.6 Å². The first-order chi connectivity index (χ1) is 18.7. The number of anilines is 2. The fraction of sp³-hybridized carbons (Fsp3) is 0.185. The van der Waals surface area contributed by atoms with Crippen LogP contribution in [0.15, 0.2) is 55.0 Å². The predicted molar refractivity (Wildman–Crippen MR) is 146 cm³/mol. The Morgan fingerprint density at radius 3 is 2.49 bits per heavy atom. The van der Waals surface area contributed by atoms with Crippen LogP contribution in [0.3, 0.4) is 0 Å². The van der Waals surface area contributed by atoms with Gasteiger partial charge in [-0.3, -0.25) is 19.7 Å². The van der Waals surface area contributed by atoms with Crippen molar-refractivity contribution in [2.75, 3.05) is 5.32 Å². The van der Waals surface area contributed by atoms with Gasteiger partial charge in [-0.15, -0.1) is 0 Å². The zero-order valence-electron chi connectivity index (χ0n) is 21.6. The first kappa shape index (κ1) is 25.9. The number of hydrogen-bond acceptors (Lipinski definition) is 10. The highest BCUT2D eigenvalue weighted by atomic mass is 32.1. The van der Waals surface area contributed by atoms with Crippen molar-refractivity contribution in [1.29, 1.82) is 0 Å². The molecule has 5 aromatic rings. The van der Waals surface area contributed by atoms with Crippen molar-refractivity contribution >= 4 is 29.2 Å². The Labute approximate surface area is 228 Å². The van der Waals surface area contributed by atoms with Crippen LogP contribution < -0.4 is 10.6 Å². The summed E-state index contributed by atoms with van der Waals surface area (Å²) < 4.78 is 17.9. The van der Waals surface area contributed by atoms with E-state index in [2.05, 4.69) is 44.9 Å². The summed E-state index contributed by atoms with van der Waals surface area (Å²) in [6.07, 6.45) is 4.40. The molecular formula is C27H24FN9OS. The van der Waals surface area contributed by atoms with Crippen molar-refractivity contribution in [2.45, 2.75) is 33.7 Å². The van der Waals surface area contributed by atoms with Crippen molar-refractivity contribution < 1.29 is 9.18 Å². The van der Waals surface area contributed by atoms with Gasteiger partial charge in [0.25, 0.3) is 5.91 Å². The van der Waals surface area contributed by atoms with E-state index in [-0.39, 0.29) is 17.6 Å². The number of aryl methyl sites for hydroxylation is 3. The predicted octanol–water partition coefficient (Wildman–Crippen LogP) is 5.15. The fourth-order valence-electron chi connectivity index (χ4n) is 3.83. The Morgan fingerprint density at radius 2 is 1.79 bits per heavy atom. The molecule has 5 aromatic heterocycles. The second-order valence-electron chi connectivity index (χ2n) is 8.87. The summed E-state index contributed by atoms with van der Waals surface area (Å²) in [7, 11) is 0. The molecule has 0 saturated carbocycles. The summed E-state index contributed by atoms with van der Waals surface area (Å²) in [6, 6.07) is 9.88. The van der Waals surface area contributed by atoms with E-state index in [0.717, 1.165) is 16.3 Å². The molecule has 10 nitrogen and oxygen atoms in total. The molecule has 5 rings (SSSR count). The highest BCUT2D eigenvalue weighted by Gasteiger charge is 2.15. The molecule has 2 N–H and O–H groups in total. The minimum Gasteiger partial charge on any atom is -0.344 e. The van der Waals surface area contributed by atoms with Gasteiger partial charge in [-0.1, -0.05) is 6.07 Å². The first-order valence-electron chi connectivity index (χ1n) is 12.0. The third kappa shape index (κ3) is 6.07. The molecule has 0 spiro atoms. The van der Waals surface area contributed by atoms with E-state index in [1.54, 1.807) is 43.6 Å². The molecule has 196 valence electrons. The molecule has 0 aliphatic rings. The van der Waals surface area contributed by atoms with Gasteiger partial charge in [0.15, 0.2) is 5.82 Å². The Balaban J connectivity index is 1.26. The summed E-state index contributed by atoms with van der Waals surface area (Å²) in [5.74, 6) is 0.754. The van der Waals surface area contributed by atoms with Gasteiger partial charge in [-0.2, -0.15) is 4.37 Å². The number of nitrogens with zero attached hydrogens (tertiary/aromatic N) is 7. The molecule has 0 aromatic carbocycles. The largest absolute Gasteiger partial charge is 0.344 e. The molecule has 0 saturated heterocycles. The Morgan fingerprint density at radius 1 is 0.949 bits per heavy atom. The lowest BCUT2D eigenvalue weighted by molar-refractivity contribution is 0.0935. The van der Waals surface area contributed by atoms with Crippen molar-refractivity contribution in [3.63, 3.8) is 0 Å². The van der Waals surface area contributed by atoms with E-state index in [1.807, 2.05) is 26.8 Å². The van der Waals surface area contributed by atoms with Crippen LogP contribution in [-0.2, 0) is 0 Å². The zero-order chi connectivity index (χ0) is 27.5. The lowest BCUT2D eigenvalue weighted by Crippen LogP contribution is -2.27. The summed E-state index contributed by atoms with van der Waals surface area (Å²) >= 11 is 1.30. The van der Waals surface area contributed by atoms with E-state index in [1.165, 1.54) is 23.8 Å². The van der Waals surface area contributed by atoms with E-state index in [4.69, 9.17) is 0 Å². The summed E-state index contributed by atoms with van der Waals surface area (Å²) in [5, 5.41) is 6.87. The Kier molecular flexibility index (Phi) is 7.28. The van der Waals surface area contributed by atoms with Gasteiger partial charge in [0.2, 0.25) is 5.95 Å². The fourth-order valence-corrected chi connectivity index (χ4v) is 4.26. The van der Waals surface area contributed by atoms with Crippen molar-refractivity contribution in [1.82, 2.24) is 39.6 Å². The molecule has 5 heterocycles. The molecule has 1 unspecified atom stereocenters. The van der Waals surface area contributed by atoms with Crippen LogP contribution in [0.2, 0.25) is 0 Å². The van der Waals surface area contributed by atoms with Crippen LogP contribution in [0.1, 0.15) is 45.4 Å².